The van der Waals surface area contributed by atoms with Crippen LogP contribution in [0.5, 0.6) is 5.75 Å². The van der Waals surface area contributed by atoms with E-state index < -0.39 is 0 Å². The van der Waals surface area contributed by atoms with Crippen molar-refractivity contribution in [1.82, 2.24) is 45.3 Å². The van der Waals surface area contributed by atoms with Crippen LogP contribution in [0.1, 0.15) is 12.8 Å². The second-order valence-electron chi connectivity index (χ2n) is 10.0. The number of piperidine rings is 1. The Morgan fingerprint density at radius 1 is 0.947 bits per heavy atom. The Hall–Kier alpha value is -4.09. The largest absolute Gasteiger partial charge is 0.489 e. The summed E-state index contributed by atoms with van der Waals surface area (Å²) in [5.41, 5.74) is 5.76. The van der Waals surface area contributed by atoms with Gasteiger partial charge in [0.05, 0.1) is 22.9 Å². The molecule has 2 aliphatic rings. The quantitative estimate of drug-likeness (QED) is 0.327. The standard InChI is InChI=1S/C27H30N10O/c1-36-10-12-37(13-11-36)27-24-21(6-9-30-27)32-26(33-24)25-23-22(34-35-25)3-2-20(31-23)17-14-19(16-29-15-17)38-18-4-7-28-8-5-18/h2-3,6,9,14-16,18,28H,4-5,7-8,10-13H2,1H3,(H,32,33)(H,34,35). The first-order valence-corrected chi connectivity index (χ1v) is 13.2. The first-order chi connectivity index (χ1) is 18.7. The molecule has 2 fully saturated rings. The van der Waals surface area contributed by atoms with Gasteiger partial charge in [-0.05, 0) is 57.2 Å². The van der Waals surface area contributed by atoms with Crippen LogP contribution in [0.4, 0.5) is 5.82 Å². The highest BCUT2D eigenvalue weighted by atomic mass is 16.5. The number of aromatic nitrogens is 7. The summed E-state index contributed by atoms with van der Waals surface area (Å²) in [5.74, 6) is 2.34. The molecule has 0 atom stereocenters. The smallest absolute Gasteiger partial charge is 0.161 e. The third-order valence-corrected chi connectivity index (χ3v) is 7.41. The summed E-state index contributed by atoms with van der Waals surface area (Å²) in [5, 5.41) is 11.1. The summed E-state index contributed by atoms with van der Waals surface area (Å²) in [6, 6.07) is 7.94. The average molecular weight is 511 g/mol. The van der Waals surface area contributed by atoms with Gasteiger partial charge in [0.25, 0.3) is 0 Å². The lowest BCUT2D eigenvalue weighted by Gasteiger charge is -2.33. The fraction of sp³-hybridized carbons (Fsp3) is 0.370. The summed E-state index contributed by atoms with van der Waals surface area (Å²) in [7, 11) is 2.15. The molecule has 2 aliphatic heterocycles. The van der Waals surface area contributed by atoms with Crippen LogP contribution in [0.3, 0.4) is 0 Å². The minimum Gasteiger partial charge on any atom is -0.489 e. The number of piperazine rings is 1. The highest BCUT2D eigenvalue weighted by molar-refractivity contribution is 5.94. The van der Waals surface area contributed by atoms with Crippen LogP contribution in [-0.4, -0.2) is 92.4 Å². The molecule has 0 radical (unpaired) electrons. The van der Waals surface area contributed by atoms with Crippen molar-refractivity contribution in [2.24, 2.45) is 0 Å². The van der Waals surface area contributed by atoms with Crippen LogP contribution >= 0.6 is 0 Å². The number of pyridine rings is 3. The summed E-state index contributed by atoms with van der Waals surface area (Å²) in [6.45, 7) is 5.82. The number of rotatable bonds is 5. The van der Waals surface area contributed by atoms with Crippen LogP contribution in [-0.2, 0) is 0 Å². The number of likely N-dealkylation sites (N-methyl/N-ethyl adjacent to an activating group) is 1. The van der Waals surface area contributed by atoms with Crippen LogP contribution in [0, 0.1) is 0 Å². The van der Waals surface area contributed by atoms with Gasteiger partial charge in [-0.25, -0.2) is 15.0 Å². The number of nitrogens with one attached hydrogen (secondary N) is 3. The van der Waals surface area contributed by atoms with E-state index in [0.717, 1.165) is 97.0 Å². The topological polar surface area (TPSA) is 124 Å². The van der Waals surface area contributed by atoms with Crippen molar-refractivity contribution in [3.63, 3.8) is 0 Å². The molecule has 0 aliphatic carbocycles. The van der Waals surface area contributed by atoms with Gasteiger partial charge in [-0.15, -0.1) is 0 Å². The molecule has 0 amide bonds. The molecule has 5 aromatic rings. The predicted octanol–water partition coefficient (Wildman–Crippen LogP) is 2.84. The Labute approximate surface area is 219 Å². The van der Waals surface area contributed by atoms with Crippen molar-refractivity contribution >= 4 is 27.9 Å². The highest BCUT2D eigenvalue weighted by Gasteiger charge is 2.22. The number of fused-ring (bicyclic) bond motifs is 2. The van der Waals surface area contributed by atoms with Gasteiger partial charge in [0, 0.05) is 44.1 Å². The number of anilines is 1. The number of aromatic amines is 2. The van der Waals surface area contributed by atoms with E-state index in [1.54, 1.807) is 6.20 Å². The Bertz CT molecular complexity index is 1580. The van der Waals surface area contributed by atoms with Crippen molar-refractivity contribution in [2.45, 2.75) is 18.9 Å². The molecule has 0 unspecified atom stereocenters. The molecular formula is C27H30N10O. The first kappa shape index (κ1) is 23.1. The second-order valence-corrected chi connectivity index (χ2v) is 10.0. The zero-order chi connectivity index (χ0) is 25.5. The molecule has 3 N–H and O–H groups in total. The zero-order valence-corrected chi connectivity index (χ0v) is 21.3. The van der Waals surface area contributed by atoms with E-state index in [-0.39, 0.29) is 6.10 Å². The lowest BCUT2D eigenvalue weighted by Crippen LogP contribution is -2.44. The van der Waals surface area contributed by atoms with Crippen LogP contribution < -0.4 is 15.0 Å². The molecular weight excluding hydrogens is 480 g/mol. The van der Waals surface area contributed by atoms with Gasteiger partial charge >= 0.3 is 0 Å². The molecule has 7 heterocycles. The minimum atomic E-state index is 0.211. The Balaban J connectivity index is 1.22. The lowest BCUT2D eigenvalue weighted by molar-refractivity contribution is 0.162. The summed E-state index contributed by atoms with van der Waals surface area (Å²) in [6.07, 6.45) is 7.63. The van der Waals surface area contributed by atoms with Gasteiger partial charge in [0.2, 0.25) is 0 Å². The molecule has 11 heteroatoms. The molecule has 38 heavy (non-hydrogen) atoms. The number of imidazole rings is 1. The predicted molar refractivity (Wildman–Crippen MR) is 146 cm³/mol. The van der Waals surface area contributed by atoms with E-state index >= 15 is 0 Å². The number of hydrogen-bond acceptors (Lipinski definition) is 9. The monoisotopic (exact) mass is 510 g/mol. The molecule has 2 saturated heterocycles. The summed E-state index contributed by atoms with van der Waals surface area (Å²) < 4.78 is 6.21. The number of ether oxygens (including phenoxy) is 1. The van der Waals surface area contributed by atoms with Gasteiger partial charge in [-0.2, -0.15) is 5.10 Å². The number of hydrogen-bond donors (Lipinski definition) is 3. The molecule has 0 saturated carbocycles. The maximum atomic E-state index is 6.21. The minimum absolute atomic E-state index is 0.211. The van der Waals surface area contributed by atoms with Gasteiger partial charge in [-0.1, -0.05) is 0 Å². The molecule has 0 spiro atoms. The zero-order valence-electron chi connectivity index (χ0n) is 21.3. The van der Waals surface area contributed by atoms with Crippen LogP contribution in [0.15, 0.2) is 42.9 Å². The maximum absolute atomic E-state index is 6.21. The molecule has 0 bridgehead atoms. The van der Waals surface area contributed by atoms with Crippen LogP contribution in [0.25, 0.3) is 44.8 Å². The third kappa shape index (κ3) is 4.33. The van der Waals surface area contributed by atoms with E-state index in [4.69, 9.17) is 14.7 Å². The number of H-pyrrole nitrogens is 2. The van der Waals surface area contributed by atoms with E-state index in [2.05, 4.69) is 47.3 Å². The Morgan fingerprint density at radius 2 is 1.82 bits per heavy atom. The molecule has 11 nitrogen and oxygen atoms in total. The van der Waals surface area contributed by atoms with E-state index in [1.807, 2.05) is 36.7 Å². The van der Waals surface area contributed by atoms with Gasteiger partial charge in [-0.3, -0.25) is 10.1 Å². The van der Waals surface area contributed by atoms with E-state index in [1.165, 1.54) is 0 Å². The molecule has 5 aromatic heterocycles. The highest BCUT2D eigenvalue weighted by Crippen LogP contribution is 2.31. The first-order valence-electron chi connectivity index (χ1n) is 13.2. The Kier molecular flexibility index (Phi) is 5.86. The molecule has 194 valence electrons. The third-order valence-electron chi connectivity index (χ3n) is 7.41. The molecule has 0 aromatic carbocycles. The summed E-state index contributed by atoms with van der Waals surface area (Å²) >= 11 is 0. The van der Waals surface area contributed by atoms with Crippen molar-refractivity contribution in [3.8, 4) is 28.5 Å². The maximum Gasteiger partial charge on any atom is 0.161 e. The molecule has 7 rings (SSSR count). The van der Waals surface area contributed by atoms with Crippen molar-refractivity contribution in [3.05, 3.63) is 42.9 Å². The average Bonchev–Trinajstić information content (AvgIpc) is 3.58. The van der Waals surface area contributed by atoms with Crippen molar-refractivity contribution in [2.75, 3.05) is 51.2 Å². The summed E-state index contributed by atoms with van der Waals surface area (Å²) in [4.78, 5) is 27.1. The van der Waals surface area contributed by atoms with E-state index in [0.29, 0.717) is 11.5 Å². The fourth-order valence-corrected chi connectivity index (χ4v) is 5.24. The number of nitrogens with zero attached hydrogens (tertiary/aromatic N) is 7. The van der Waals surface area contributed by atoms with Gasteiger partial charge in [0.15, 0.2) is 17.3 Å². The van der Waals surface area contributed by atoms with Crippen molar-refractivity contribution in [1.29, 1.82) is 0 Å². The SMILES string of the molecule is CN1CCN(c2nccc3[nH]c(-c4n[nH]c5ccc(-c6cncc(OC7CCNCC7)c6)nc45)nc23)CC1. The second kappa shape index (κ2) is 9.66. The fourth-order valence-electron chi connectivity index (χ4n) is 5.24. The van der Waals surface area contributed by atoms with Gasteiger partial charge < -0.3 is 24.8 Å². The van der Waals surface area contributed by atoms with Crippen LogP contribution in [0.2, 0.25) is 0 Å². The van der Waals surface area contributed by atoms with E-state index in [9.17, 15) is 0 Å². The lowest BCUT2D eigenvalue weighted by atomic mass is 10.1. The Morgan fingerprint density at radius 3 is 2.68 bits per heavy atom. The van der Waals surface area contributed by atoms with Gasteiger partial charge in [0.1, 0.15) is 22.9 Å². The van der Waals surface area contributed by atoms with Crippen molar-refractivity contribution < 1.29 is 4.74 Å². The normalized spacial score (nSPS) is 17.4.